The lowest BCUT2D eigenvalue weighted by atomic mass is 10.1. The van der Waals surface area contributed by atoms with Crippen molar-refractivity contribution in [2.75, 3.05) is 5.32 Å². The molecule has 0 aliphatic heterocycles. The Balaban J connectivity index is 3.10. The minimum atomic E-state index is -4.55. The maximum absolute atomic E-state index is 12.8. The quantitative estimate of drug-likeness (QED) is 0.923. The molecule has 0 aliphatic carbocycles. The molecule has 108 valence electrons. The highest BCUT2D eigenvalue weighted by Gasteiger charge is 2.31. The molecule has 0 saturated carbocycles. The lowest BCUT2D eigenvalue weighted by Crippen LogP contribution is -2.13. The molecule has 1 N–H and O–H groups in total. The number of nitriles is 1. The normalized spacial score (nSPS) is 11.1. The minimum absolute atomic E-state index is 0.00193. The largest absolute Gasteiger partial charge is 0.491 e. The first-order valence-corrected chi connectivity index (χ1v) is 5.78. The number of carbonyl (C=O) groups excluding carboxylic acids is 1. The van der Waals surface area contributed by atoms with Gasteiger partial charge in [-0.05, 0) is 26.0 Å². The van der Waals surface area contributed by atoms with E-state index in [9.17, 15) is 18.0 Å². The maximum atomic E-state index is 12.8. The topological polar surface area (TPSA) is 62.1 Å². The van der Waals surface area contributed by atoms with Crippen LogP contribution in [0.25, 0.3) is 0 Å². The molecule has 7 heteroatoms. The van der Waals surface area contributed by atoms with Crippen molar-refractivity contribution in [1.82, 2.24) is 0 Å². The van der Waals surface area contributed by atoms with Crippen LogP contribution in [0.2, 0.25) is 0 Å². The van der Waals surface area contributed by atoms with Crippen LogP contribution in [0.5, 0.6) is 5.75 Å². The molecule has 0 heterocycles. The summed E-state index contributed by atoms with van der Waals surface area (Å²) in [6.45, 7) is 3.35. The number of halogens is 3. The lowest BCUT2D eigenvalue weighted by Gasteiger charge is -2.15. The average Bonchev–Trinajstić information content (AvgIpc) is 2.26. The minimum Gasteiger partial charge on any atom is -0.491 e. The summed E-state index contributed by atoms with van der Waals surface area (Å²) in [6, 6.07) is 4.55. The van der Waals surface area contributed by atoms with Crippen LogP contribution in [0.4, 0.5) is 18.9 Å². The summed E-state index contributed by atoms with van der Waals surface area (Å²) in [5.41, 5.74) is -0.987. The number of rotatable bonds is 4. The van der Waals surface area contributed by atoms with Gasteiger partial charge in [-0.2, -0.15) is 18.4 Å². The van der Waals surface area contributed by atoms with Crippen LogP contribution >= 0.6 is 0 Å². The highest BCUT2D eigenvalue weighted by molar-refractivity contribution is 5.92. The van der Waals surface area contributed by atoms with E-state index < -0.39 is 24.1 Å². The fraction of sp³-hybridized carbons (Fsp3) is 0.385. The van der Waals surface area contributed by atoms with E-state index in [1.165, 1.54) is 6.07 Å². The first-order valence-electron chi connectivity index (χ1n) is 5.78. The molecular weight excluding hydrogens is 273 g/mol. The first-order chi connectivity index (χ1) is 9.22. The number of ether oxygens (including phenoxy) is 1. The molecule has 1 amide bonds. The zero-order valence-electron chi connectivity index (χ0n) is 10.9. The fourth-order valence-corrected chi connectivity index (χ4v) is 1.45. The molecule has 1 aromatic carbocycles. The summed E-state index contributed by atoms with van der Waals surface area (Å²) in [5.74, 6) is -0.676. The van der Waals surface area contributed by atoms with Crippen molar-refractivity contribution >= 4 is 11.6 Å². The molecule has 1 aromatic rings. The average molecular weight is 286 g/mol. The smallest absolute Gasteiger partial charge is 0.416 e. The number of benzene rings is 1. The van der Waals surface area contributed by atoms with Crippen molar-refractivity contribution in [3.05, 3.63) is 23.8 Å². The zero-order valence-corrected chi connectivity index (χ0v) is 10.9. The van der Waals surface area contributed by atoms with Gasteiger partial charge in [-0.15, -0.1) is 0 Å². The number of alkyl halides is 3. The van der Waals surface area contributed by atoms with Gasteiger partial charge in [0, 0.05) is 11.8 Å². The van der Waals surface area contributed by atoms with Gasteiger partial charge >= 0.3 is 6.18 Å². The van der Waals surface area contributed by atoms with E-state index in [0.717, 1.165) is 12.1 Å². The van der Waals surface area contributed by atoms with Crippen LogP contribution in [-0.2, 0) is 11.0 Å². The maximum Gasteiger partial charge on any atom is 0.416 e. The van der Waals surface area contributed by atoms with Crippen molar-refractivity contribution in [2.24, 2.45) is 0 Å². The Morgan fingerprint density at radius 2 is 2.05 bits per heavy atom. The van der Waals surface area contributed by atoms with E-state index in [-0.39, 0.29) is 17.5 Å². The van der Waals surface area contributed by atoms with Gasteiger partial charge in [0.1, 0.15) is 12.2 Å². The Morgan fingerprint density at radius 1 is 1.40 bits per heavy atom. The molecule has 1 rings (SSSR count). The number of nitrogens with one attached hydrogen (secondary N) is 1. The third-order valence-corrected chi connectivity index (χ3v) is 2.13. The highest BCUT2D eigenvalue weighted by atomic mass is 19.4. The summed E-state index contributed by atoms with van der Waals surface area (Å²) < 4.78 is 43.5. The van der Waals surface area contributed by atoms with Crippen molar-refractivity contribution < 1.29 is 22.7 Å². The van der Waals surface area contributed by atoms with Crippen LogP contribution in [-0.4, -0.2) is 12.0 Å². The molecule has 0 radical (unpaired) electrons. The van der Waals surface area contributed by atoms with Crippen LogP contribution < -0.4 is 10.1 Å². The van der Waals surface area contributed by atoms with Crippen molar-refractivity contribution in [2.45, 2.75) is 32.5 Å². The van der Waals surface area contributed by atoms with E-state index in [1.807, 2.05) is 0 Å². The highest BCUT2D eigenvalue weighted by Crippen LogP contribution is 2.34. The molecular formula is C13H13F3N2O2. The number of hydrogen-bond donors (Lipinski definition) is 1. The molecule has 0 saturated heterocycles. The second-order valence-electron chi connectivity index (χ2n) is 4.29. The van der Waals surface area contributed by atoms with Crippen LogP contribution in [0.3, 0.4) is 0 Å². The Labute approximate surface area is 114 Å². The third-order valence-electron chi connectivity index (χ3n) is 2.13. The Morgan fingerprint density at radius 3 is 2.55 bits per heavy atom. The molecule has 0 bridgehead atoms. The van der Waals surface area contributed by atoms with E-state index in [0.29, 0.717) is 0 Å². The predicted molar refractivity (Wildman–Crippen MR) is 66.1 cm³/mol. The van der Waals surface area contributed by atoms with Gasteiger partial charge in [-0.3, -0.25) is 4.79 Å². The van der Waals surface area contributed by atoms with Crippen LogP contribution in [0.15, 0.2) is 18.2 Å². The third kappa shape index (κ3) is 4.80. The summed E-state index contributed by atoms with van der Waals surface area (Å²) in [7, 11) is 0. The number of anilines is 1. The molecule has 0 aliphatic rings. The zero-order chi connectivity index (χ0) is 15.3. The fourth-order valence-electron chi connectivity index (χ4n) is 1.45. The number of carbonyl (C=O) groups is 1. The summed E-state index contributed by atoms with van der Waals surface area (Å²) >= 11 is 0. The molecule has 4 nitrogen and oxygen atoms in total. The molecule has 0 unspecified atom stereocenters. The standard InChI is InChI=1S/C13H13F3N2O2/c1-8(2)20-11-6-9(13(14,15)16)5-10(7-11)18-12(19)3-4-17/h5-8H,3H2,1-2H3,(H,18,19). The predicted octanol–water partition coefficient (Wildman–Crippen LogP) is 3.34. The van der Waals surface area contributed by atoms with Gasteiger partial charge in [0.2, 0.25) is 5.91 Å². The molecule has 0 fully saturated rings. The summed E-state index contributed by atoms with van der Waals surface area (Å²) in [6.07, 6.45) is -5.29. The van der Waals surface area contributed by atoms with E-state index >= 15 is 0 Å². The van der Waals surface area contributed by atoms with Crippen LogP contribution in [0.1, 0.15) is 25.8 Å². The van der Waals surface area contributed by atoms with Gasteiger partial charge < -0.3 is 10.1 Å². The Bertz CT molecular complexity index is 533. The van der Waals surface area contributed by atoms with Crippen LogP contribution in [0, 0.1) is 11.3 Å². The SMILES string of the molecule is CC(C)Oc1cc(NC(=O)CC#N)cc(C(F)(F)F)c1. The van der Waals surface area contributed by atoms with Crippen molar-refractivity contribution in [3.63, 3.8) is 0 Å². The molecule has 0 atom stereocenters. The Kier molecular flexibility index (Phi) is 4.97. The summed E-state index contributed by atoms with van der Waals surface area (Å²) in [5, 5.41) is 10.6. The van der Waals surface area contributed by atoms with Crippen molar-refractivity contribution in [3.8, 4) is 11.8 Å². The Hall–Kier alpha value is -2.23. The van der Waals surface area contributed by atoms with Gasteiger partial charge in [-0.1, -0.05) is 0 Å². The van der Waals surface area contributed by atoms with Gasteiger partial charge in [0.25, 0.3) is 0 Å². The molecule has 20 heavy (non-hydrogen) atoms. The first kappa shape index (κ1) is 15.8. The van der Waals surface area contributed by atoms with Gasteiger partial charge in [0.15, 0.2) is 0 Å². The number of amides is 1. The van der Waals surface area contributed by atoms with Crippen molar-refractivity contribution in [1.29, 1.82) is 5.26 Å². The van der Waals surface area contributed by atoms with E-state index in [4.69, 9.17) is 10.00 Å². The second kappa shape index (κ2) is 6.28. The second-order valence-corrected chi connectivity index (χ2v) is 4.29. The van der Waals surface area contributed by atoms with Gasteiger partial charge in [-0.25, -0.2) is 0 Å². The number of hydrogen-bond acceptors (Lipinski definition) is 3. The lowest BCUT2D eigenvalue weighted by molar-refractivity contribution is -0.137. The molecule has 0 spiro atoms. The monoisotopic (exact) mass is 286 g/mol. The molecule has 0 aromatic heterocycles. The van der Waals surface area contributed by atoms with E-state index in [2.05, 4.69) is 5.32 Å². The van der Waals surface area contributed by atoms with Gasteiger partial charge in [0.05, 0.1) is 17.7 Å². The summed E-state index contributed by atoms with van der Waals surface area (Å²) in [4.78, 5) is 11.3. The van der Waals surface area contributed by atoms with E-state index in [1.54, 1.807) is 19.9 Å². The number of nitrogens with zero attached hydrogens (tertiary/aromatic N) is 1.